The van der Waals surface area contributed by atoms with E-state index in [2.05, 4.69) is 10.3 Å². The van der Waals surface area contributed by atoms with Gasteiger partial charge in [-0.2, -0.15) is 13.5 Å². The maximum absolute atomic E-state index is 13.6. The van der Waals surface area contributed by atoms with Crippen molar-refractivity contribution in [3.8, 4) is 5.88 Å². The summed E-state index contributed by atoms with van der Waals surface area (Å²) in [7, 11) is -6.11. The minimum atomic E-state index is -3.92. The van der Waals surface area contributed by atoms with Crippen molar-refractivity contribution in [1.29, 1.82) is 0 Å². The average molecular weight is 498 g/mol. The number of carbonyl (C=O) groups excluding carboxylic acids is 1. The van der Waals surface area contributed by atoms with Crippen molar-refractivity contribution in [3.63, 3.8) is 0 Å². The molecule has 0 saturated carbocycles. The molecule has 0 atom stereocenters. The first-order valence-corrected chi connectivity index (χ1v) is 13.7. The summed E-state index contributed by atoms with van der Waals surface area (Å²) in [6, 6.07) is 1.50. The van der Waals surface area contributed by atoms with Crippen LogP contribution in [0.4, 0.5) is 0 Å². The number of carbonyl (C=O) groups is 1. The second-order valence-corrected chi connectivity index (χ2v) is 11.4. The zero-order valence-electron chi connectivity index (χ0n) is 19.2. The largest absolute Gasteiger partial charge is 0.399 e. The maximum Gasteiger partial charge on any atom is 0.310 e. The van der Waals surface area contributed by atoms with Crippen molar-refractivity contribution in [1.82, 2.24) is 9.78 Å². The summed E-state index contributed by atoms with van der Waals surface area (Å²) in [5.74, 6) is -1.00. The predicted octanol–water partition coefficient (Wildman–Crippen LogP) is 2.40. The molecule has 0 N–H and O–H groups in total. The van der Waals surface area contributed by atoms with Crippen LogP contribution >= 0.6 is 0 Å². The smallest absolute Gasteiger partial charge is 0.310 e. The fourth-order valence-corrected chi connectivity index (χ4v) is 6.73. The number of sulfone groups is 1. The molecule has 0 radical (unpaired) electrons. The lowest BCUT2D eigenvalue weighted by atomic mass is 9.91. The Bertz CT molecular complexity index is 1340. The summed E-state index contributed by atoms with van der Waals surface area (Å²) < 4.78 is 56.7. The Morgan fingerprint density at radius 3 is 2.55 bits per heavy atom. The molecule has 0 bridgehead atoms. The first kappa shape index (κ1) is 24.9. The van der Waals surface area contributed by atoms with E-state index < -0.39 is 25.7 Å². The highest BCUT2D eigenvalue weighted by Gasteiger charge is 2.34. The molecule has 0 fully saturated rings. The number of aryl methyl sites for hydroxylation is 2. The maximum atomic E-state index is 13.6. The van der Waals surface area contributed by atoms with Crippen LogP contribution in [0.15, 0.2) is 22.3 Å². The van der Waals surface area contributed by atoms with Crippen molar-refractivity contribution in [2.75, 3.05) is 18.6 Å². The van der Waals surface area contributed by atoms with Gasteiger partial charge < -0.3 is 9.02 Å². The fourth-order valence-electron chi connectivity index (χ4n) is 3.94. The van der Waals surface area contributed by atoms with Crippen LogP contribution in [0.2, 0.25) is 0 Å². The minimum absolute atomic E-state index is 0.0251. The van der Waals surface area contributed by atoms with E-state index in [9.17, 15) is 21.6 Å². The molecule has 10 nitrogen and oxygen atoms in total. The molecule has 1 aromatic heterocycles. The summed E-state index contributed by atoms with van der Waals surface area (Å²) in [4.78, 5) is 18.6. The van der Waals surface area contributed by atoms with E-state index in [4.69, 9.17) is 9.02 Å². The Morgan fingerprint density at radius 1 is 1.24 bits per heavy atom. The van der Waals surface area contributed by atoms with Gasteiger partial charge in [0.15, 0.2) is 15.6 Å². The van der Waals surface area contributed by atoms with E-state index in [-0.39, 0.29) is 46.4 Å². The number of benzene rings is 1. The topological polar surface area (TPSA) is 134 Å². The predicted molar refractivity (Wildman–Crippen MR) is 122 cm³/mol. The number of rotatable bonds is 8. The lowest BCUT2D eigenvalue weighted by molar-refractivity contribution is 0.103. The van der Waals surface area contributed by atoms with Crippen molar-refractivity contribution in [3.05, 3.63) is 40.1 Å². The van der Waals surface area contributed by atoms with Crippen molar-refractivity contribution in [2.24, 2.45) is 5.16 Å². The molecular formula is C21H27N3O7S2. The van der Waals surface area contributed by atoms with E-state index in [1.807, 2.05) is 0 Å². The zero-order valence-corrected chi connectivity index (χ0v) is 20.8. The van der Waals surface area contributed by atoms with Crippen LogP contribution in [-0.4, -0.2) is 56.7 Å². The summed E-state index contributed by atoms with van der Waals surface area (Å²) in [5, 5.41) is 8.09. The number of oxime groups is 1. The highest BCUT2D eigenvalue weighted by Crippen LogP contribution is 2.35. The molecule has 0 aliphatic carbocycles. The number of hydrogen-bond acceptors (Lipinski definition) is 9. The van der Waals surface area contributed by atoms with Crippen molar-refractivity contribution < 1.29 is 30.7 Å². The molecule has 0 saturated heterocycles. The highest BCUT2D eigenvalue weighted by molar-refractivity contribution is 7.91. The van der Waals surface area contributed by atoms with Gasteiger partial charge in [-0.25, -0.2) is 13.1 Å². The van der Waals surface area contributed by atoms with Gasteiger partial charge in [0.1, 0.15) is 12.7 Å². The van der Waals surface area contributed by atoms with Gasteiger partial charge in [0.2, 0.25) is 5.88 Å². The van der Waals surface area contributed by atoms with Gasteiger partial charge in [0, 0.05) is 24.1 Å². The number of ketones is 1. The zero-order chi connectivity index (χ0) is 24.6. The lowest BCUT2D eigenvalue weighted by Crippen LogP contribution is -2.26. The van der Waals surface area contributed by atoms with Crippen LogP contribution < -0.4 is 4.18 Å². The standard InChI is InChI=1S/C21H27N3O7S2/c1-6-9-33(28,29)31-21-16(12-22-24(21)7-2)19(25)15-11-13(3)20-18(14(15)4)17(23-30-5)8-10-32(20,26)27/h11-12H,6-10H2,1-5H3/b23-17+. The molecule has 3 rings (SSSR count). The van der Waals surface area contributed by atoms with Gasteiger partial charge in [0.25, 0.3) is 0 Å². The molecule has 180 valence electrons. The average Bonchev–Trinajstić information content (AvgIpc) is 3.12. The number of hydrogen-bond donors (Lipinski definition) is 0. The van der Waals surface area contributed by atoms with Crippen LogP contribution in [0.25, 0.3) is 0 Å². The third-order valence-electron chi connectivity index (χ3n) is 5.37. The SMILES string of the molecule is CCCS(=O)(=O)Oc1c(C(=O)c2cc(C)c3c(c2C)/C(=N/OC)CCS3(=O)=O)cnn1CC. The Kier molecular flexibility index (Phi) is 6.99. The van der Waals surface area contributed by atoms with Crippen molar-refractivity contribution >= 4 is 31.5 Å². The van der Waals surface area contributed by atoms with Crippen molar-refractivity contribution in [2.45, 2.75) is 52.0 Å². The molecule has 2 aromatic rings. The summed E-state index contributed by atoms with van der Waals surface area (Å²) >= 11 is 0. The second kappa shape index (κ2) is 9.26. The van der Waals surface area contributed by atoms with Gasteiger partial charge >= 0.3 is 10.1 Å². The fraction of sp³-hybridized carbons (Fsp3) is 0.476. The molecule has 0 unspecified atom stereocenters. The summed E-state index contributed by atoms with van der Waals surface area (Å²) in [6.07, 6.45) is 1.77. The molecule has 1 aromatic carbocycles. The van der Waals surface area contributed by atoms with Crippen LogP contribution in [0, 0.1) is 13.8 Å². The van der Waals surface area contributed by atoms with Gasteiger partial charge in [0.05, 0.1) is 28.3 Å². The van der Waals surface area contributed by atoms with Gasteiger partial charge in [-0.1, -0.05) is 12.1 Å². The first-order chi connectivity index (χ1) is 15.5. The first-order valence-electron chi connectivity index (χ1n) is 10.5. The Labute approximate surface area is 193 Å². The number of nitrogens with zero attached hydrogens (tertiary/aromatic N) is 3. The third kappa shape index (κ3) is 4.67. The molecule has 1 aliphatic heterocycles. The normalized spacial score (nSPS) is 16.5. The lowest BCUT2D eigenvalue weighted by Gasteiger charge is -2.23. The monoisotopic (exact) mass is 497 g/mol. The molecule has 33 heavy (non-hydrogen) atoms. The van der Waals surface area contributed by atoms with Crippen LogP contribution in [0.3, 0.4) is 0 Å². The molecule has 0 amide bonds. The number of aromatic nitrogens is 2. The van der Waals surface area contributed by atoms with Crippen LogP contribution in [0.1, 0.15) is 59.3 Å². The minimum Gasteiger partial charge on any atom is -0.399 e. The molecular weight excluding hydrogens is 470 g/mol. The Morgan fingerprint density at radius 2 is 1.94 bits per heavy atom. The van der Waals surface area contributed by atoms with Gasteiger partial charge in [-0.3, -0.25) is 4.79 Å². The molecule has 0 spiro atoms. The van der Waals surface area contributed by atoms with E-state index >= 15 is 0 Å². The van der Waals surface area contributed by atoms with E-state index in [1.165, 1.54) is 24.1 Å². The van der Waals surface area contributed by atoms with E-state index in [0.29, 0.717) is 28.8 Å². The van der Waals surface area contributed by atoms with E-state index in [1.54, 1.807) is 27.7 Å². The molecule has 12 heteroatoms. The highest BCUT2D eigenvalue weighted by atomic mass is 32.2. The van der Waals surface area contributed by atoms with Gasteiger partial charge in [-0.05, 0) is 44.4 Å². The summed E-state index contributed by atoms with van der Waals surface area (Å²) in [5.41, 5.74) is 1.76. The number of fused-ring (bicyclic) bond motifs is 1. The van der Waals surface area contributed by atoms with Gasteiger partial charge in [-0.15, -0.1) is 0 Å². The van der Waals surface area contributed by atoms with Crippen LogP contribution in [-0.2, 0) is 31.3 Å². The molecule has 2 heterocycles. The summed E-state index contributed by atoms with van der Waals surface area (Å²) in [6.45, 7) is 6.98. The quantitative estimate of drug-likeness (QED) is 0.308. The second-order valence-electron chi connectivity index (χ2n) is 7.71. The Hall–Kier alpha value is -2.73. The molecule has 1 aliphatic rings. The van der Waals surface area contributed by atoms with Crippen LogP contribution in [0.5, 0.6) is 5.88 Å². The third-order valence-corrected chi connectivity index (χ3v) is 8.58. The Balaban J connectivity index is 2.21. The van der Waals surface area contributed by atoms with E-state index in [0.717, 1.165) is 0 Å².